The van der Waals surface area contributed by atoms with E-state index in [2.05, 4.69) is 36.6 Å². The second-order valence-corrected chi connectivity index (χ2v) is 4.33. The third-order valence-electron chi connectivity index (χ3n) is 3.08. The predicted molar refractivity (Wildman–Crippen MR) is 70.9 cm³/mol. The van der Waals surface area contributed by atoms with Gasteiger partial charge in [-0.15, -0.1) is 0 Å². The minimum absolute atomic E-state index is 0.757. The molecule has 0 saturated heterocycles. The van der Waals surface area contributed by atoms with Crippen molar-refractivity contribution in [2.45, 2.75) is 20.8 Å². The molecule has 1 aromatic heterocycles. The first kappa shape index (κ1) is 11.6. The minimum atomic E-state index is 0.757. The summed E-state index contributed by atoms with van der Waals surface area (Å²) in [6.07, 6.45) is 0. The molecule has 0 unspecified atom stereocenters. The van der Waals surface area contributed by atoms with Crippen LogP contribution in [0.2, 0.25) is 0 Å². The van der Waals surface area contributed by atoms with Gasteiger partial charge < -0.3 is 15.0 Å². The second-order valence-electron chi connectivity index (χ2n) is 4.33. The van der Waals surface area contributed by atoms with Gasteiger partial charge in [-0.3, -0.25) is 0 Å². The van der Waals surface area contributed by atoms with E-state index in [9.17, 15) is 0 Å². The van der Waals surface area contributed by atoms with Gasteiger partial charge >= 0.3 is 0 Å². The van der Waals surface area contributed by atoms with Gasteiger partial charge in [0, 0.05) is 23.1 Å². The number of nitrogens with two attached hydrogens (primary N) is 1. The highest BCUT2D eigenvalue weighted by Gasteiger charge is 2.11. The Balaban J connectivity index is 2.70. The Morgan fingerprint density at radius 1 is 1.06 bits per heavy atom. The highest BCUT2D eigenvalue weighted by Crippen LogP contribution is 2.30. The molecule has 0 saturated carbocycles. The van der Waals surface area contributed by atoms with Crippen molar-refractivity contribution in [3.63, 3.8) is 0 Å². The molecule has 0 spiro atoms. The Labute approximate surface area is 102 Å². The minimum Gasteiger partial charge on any atom is -0.494 e. The van der Waals surface area contributed by atoms with E-state index in [4.69, 9.17) is 10.5 Å². The van der Waals surface area contributed by atoms with E-state index in [0.29, 0.717) is 0 Å². The lowest BCUT2D eigenvalue weighted by atomic mass is 10.1. The summed E-state index contributed by atoms with van der Waals surface area (Å²) in [6, 6.07) is 8.14. The number of rotatable bonds is 2. The largest absolute Gasteiger partial charge is 0.494 e. The van der Waals surface area contributed by atoms with Crippen LogP contribution in [0.25, 0.3) is 5.69 Å². The lowest BCUT2D eigenvalue weighted by molar-refractivity contribution is 0.412. The molecule has 17 heavy (non-hydrogen) atoms. The number of benzene rings is 1. The zero-order chi connectivity index (χ0) is 12.6. The van der Waals surface area contributed by atoms with Gasteiger partial charge in [-0.1, -0.05) is 0 Å². The molecule has 2 aromatic rings. The van der Waals surface area contributed by atoms with Crippen LogP contribution in [-0.4, -0.2) is 11.7 Å². The number of ether oxygens (including phenoxy) is 1. The van der Waals surface area contributed by atoms with Crippen LogP contribution >= 0.6 is 0 Å². The van der Waals surface area contributed by atoms with Crippen molar-refractivity contribution in [1.82, 2.24) is 4.57 Å². The first-order chi connectivity index (χ1) is 8.04. The summed E-state index contributed by atoms with van der Waals surface area (Å²) in [5.74, 6) is 0.801. The fourth-order valence-electron chi connectivity index (χ4n) is 2.08. The molecule has 1 aromatic carbocycles. The summed E-state index contributed by atoms with van der Waals surface area (Å²) < 4.78 is 7.59. The van der Waals surface area contributed by atoms with E-state index in [1.165, 1.54) is 11.4 Å². The zero-order valence-corrected chi connectivity index (χ0v) is 10.7. The number of aromatic nitrogens is 1. The topological polar surface area (TPSA) is 40.2 Å². The third kappa shape index (κ3) is 1.88. The Morgan fingerprint density at radius 3 is 2.18 bits per heavy atom. The van der Waals surface area contributed by atoms with Crippen molar-refractivity contribution in [2.75, 3.05) is 12.8 Å². The van der Waals surface area contributed by atoms with Gasteiger partial charge in [0.1, 0.15) is 5.75 Å². The van der Waals surface area contributed by atoms with E-state index in [-0.39, 0.29) is 0 Å². The van der Waals surface area contributed by atoms with Crippen molar-refractivity contribution < 1.29 is 4.74 Å². The number of hydrogen-bond acceptors (Lipinski definition) is 2. The van der Waals surface area contributed by atoms with Crippen LogP contribution in [0.4, 0.5) is 5.69 Å². The first-order valence-electron chi connectivity index (χ1n) is 5.64. The van der Waals surface area contributed by atoms with E-state index in [1.807, 2.05) is 13.0 Å². The Morgan fingerprint density at radius 2 is 1.65 bits per heavy atom. The smallest absolute Gasteiger partial charge is 0.144 e. The van der Waals surface area contributed by atoms with E-state index >= 15 is 0 Å². The molecule has 0 radical (unpaired) electrons. The molecule has 2 rings (SSSR count). The first-order valence-corrected chi connectivity index (χ1v) is 5.64. The number of nitrogen functional groups attached to an aromatic ring is 1. The normalized spacial score (nSPS) is 10.6. The van der Waals surface area contributed by atoms with Crippen LogP contribution < -0.4 is 10.5 Å². The standard InChI is InChI=1S/C14H18N2O/c1-9-7-13(14(17-4)8-12(9)15)16-10(2)5-6-11(16)3/h5-8H,15H2,1-4H3. The number of methoxy groups -OCH3 is 1. The molecular formula is C14H18N2O. The summed E-state index contributed by atoms with van der Waals surface area (Å²) in [4.78, 5) is 0. The average molecular weight is 230 g/mol. The summed E-state index contributed by atoms with van der Waals surface area (Å²) in [5.41, 5.74) is 11.1. The molecule has 0 bridgehead atoms. The quantitative estimate of drug-likeness (QED) is 0.806. The van der Waals surface area contributed by atoms with Crippen molar-refractivity contribution in [3.8, 4) is 11.4 Å². The van der Waals surface area contributed by atoms with Crippen LogP contribution in [0.3, 0.4) is 0 Å². The molecule has 0 aliphatic carbocycles. The number of aryl methyl sites for hydroxylation is 3. The predicted octanol–water partition coefficient (Wildman–Crippen LogP) is 2.99. The number of hydrogen-bond donors (Lipinski definition) is 1. The molecule has 3 nitrogen and oxygen atoms in total. The molecule has 90 valence electrons. The fraction of sp³-hybridized carbons (Fsp3) is 0.286. The summed E-state index contributed by atoms with van der Waals surface area (Å²) in [6.45, 7) is 6.17. The summed E-state index contributed by atoms with van der Waals surface area (Å²) >= 11 is 0. The maximum Gasteiger partial charge on any atom is 0.144 e. The van der Waals surface area contributed by atoms with Gasteiger partial charge in [0.05, 0.1) is 12.8 Å². The number of nitrogens with zero attached hydrogens (tertiary/aromatic N) is 1. The highest BCUT2D eigenvalue weighted by molar-refractivity contribution is 5.61. The van der Waals surface area contributed by atoms with Crippen molar-refractivity contribution in [2.24, 2.45) is 0 Å². The molecule has 0 aliphatic heterocycles. The lowest BCUT2D eigenvalue weighted by Gasteiger charge is -2.15. The lowest BCUT2D eigenvalue weighted by Crippen LogP contribution is -2.03. The maximum absolute atomic E-state index is 5.91. The van der Waals surface area contributed by atoms with Gasteiger partial charge in [0.15, 0.2) is 0 Å². The summed E-state index contributed by atoms with van der Waals surface area (Å²) in [5, 5.41) is 0. The molecule has 0 aliphatic rings. The molecule has 0 amide bonds. The van der Waals surface area contributed by atoms with E-state index in [1.54, 1.807) is 7.11 Å². The Bertz CT molecular complexity index is 536. The van der Waals surface area contributed by atoms with E-state index in [0.717, 1.165) is 22.7 Å². The van der Waals surface area contributed by atoms with Crippen LogP contribution in [0, 0.1) is 20.8 Å². The van der Waals surface area contributed by atoms with Gasteiger partial charge in [0.2, 0.25) is 0 Å². The fourth-order valence-corrected chi connectivity index (χ4v) is 2.08. The molecular weight excluding hydrogens is 212 g/mol. The molecule has 3 heteroatoms. The Hall–Kier alpha value is -1.90. The van der Waals surface area contributed by atoms with Gasteiger partial charge in [-0.05, 0) is 44.5 Å². The molecule has 0 fully saturated rings. The summed E-state index contributed by atoms with van der Waals surface area (Å²) in [7, 11) is 1.67. The molecule has 2 N–H and O–H groups in total. The zero-order valence-electron chi connectivity index (χ0n) is 10.7. The van der Waals surface area contributed by atoms with Gasteiger partial charge in [-0.25, -0.2) is 0 Å². The van der Waals surface area contributed by atoms with Gasteiger partial charge in [-0.2, -0.15) is 0 Å². The Kier molecular flexibility index (Phi) is 2.84. The van der Waals surface area contributed by atoms with Crippen molar-refractivity contribution >= 4 is 5.69 Å². The van der Waals surface area contributed by atoms with Crippen molar-refractivity contribution in [1.29, 1.82) is 0 Å². The molecule has 1 heterocycles. The molecule has 0 atom stereocenters. The third-order valence-corrected chi connectivity index (χ3v) is 3.08. The average Bonchev–Trinajstić information content (AvgIpc) is 2.62. The second kappa shape index (κ2) is 4.17. The van der Waals surface area contributed by atoms with Gasteiger partial charge in [0.25, 0.3) is 0 Å². The SMILES string of the molecule is COc1cc(N)c(C)cc1-n1c(C)ccc1C. The van der Waals surface area contributed by atoms with Crippen LogP contribution in [-0.2, 0) is 0 Å². The van der Waals surface area contributed by atoms with Crippen LogP contribution in [0.15, 0.2) is 24.3 Å². The van der Waals surface area contributed by atoms with Crippen LogP contribution in [0.1, 0.15) is 17.0 Å². The maximum atomic E-state index is 5.91. The highest BCUT2D eigenvalue weighted by atomic mass is 16.5. The monoisotopic (exact) mass is 230 g/mol. The number of anilines is 1. The van der Waals surface area contributed by atoms with Crippen LogP contribution in [0.5, 0.6) is 5.75 Å². The van der Waals surface area contributed by atoms with Crippen molar-refractivity contribution in [3.05, 3.63) is 41.2 Å². The van der Waals surface area contributed by atoms with E-state index < -0.39 is 0 Å².